The Kier molecular flexibility index (Phi) is 12.3. The minimum absolute atomic E-state index is 0.222. The number of aliphatic hydroxyl groups excluding tert-OH is 1. The highest BCUT2D eigenvalue weighted by Gasteiger charge is 2.24. The maximum absolute atomic E-state index is 10.1. The molecule has 3 aliphatic rings. The van der Waals surface area contributed by atoms with Crippen LogP contribution in [0, 0.1) is 6.92 Å². The maximum atomic E-state index is 10.1. The van der Waals surface area contributed by atoms with E-state index in [4.69, 9.17) is 18.9 Å². The van der Waals surface area contributed by atoms with E-state index in [1.807, 2.05) is 36.4 Å². The van der Waals surface area contributed by atoms with Crippen LogP contribution in [0.15, 0.2) is 66.7 Å². The molecule has 0 amide bonds. The van der Waals surface area contributed by atoms with Gasteiger partial charge in [0.25, 0.3) is 0 Å². The summed E-state index contributed by atoms with van der Waals surface area (Å²) < 4.78 is 22.8. The quantitative estimate of drug-likeness (QED) is 0.265. The summed E-state index contributed by atoms with van der Waals surface area (Å²) in [6.45, 7) is 9.94. The monoisotopic (exact) mass is 603 g/mol. The van der Waals surface area contributed by atoms with E-state index in [0.29, 0.717) is 19.3 Å². The van der Waals surface area contributed by atoms with E-state index < -0.39 is 0 Å². The van der Waals surface area contributed by atoms with Gasteiger partial charge in [-0.25, -0.2) is 0 Å². The predicted molar refractivity (Wildman–Crippen MR) is 175 cm³/mol. The van der Waals surface area contributed by atoms with E-state index in [-0.39, 0.29) is 12.0 Å². The summed E-state index contributed by atoms with van der Waals surface area (Å²) >= 11 is 0. The Hall–Kier alpha value is -3.14. The highest BCUT2D eigenvalue weighted by Crippen LogP contribution is 2.33. The standard InChI is InChI=1S/C18H28N2O3.C18H21NO2/c1-21-10-3-8-20-9-11-22-18-6-5-15(12-17(18)20)14-23-16-4-2-7-19-13-16;1-13-2-6-15(7-3-13)21-16-8-4-14(5-9-16)17-10-11-19-12-18(17)20/h5-6,12,16,19H,2-4,7-11,13-14H2,1H3;2-9,17-20H,10-12H2,1H3. The molecule has 0 saturated carbocycles. The van der Waals surface area contributed by atoms with Crippen molar-refractivity contribution in [3.8, 4) is 17.2 Å². The van der Waals surface area contributed by atoms with Gasteiger partial charge in [0.1, 0.15) is 23.9 Å². The zero-order valence-electron chi connectivity index (χ0n) is 26.3. The lowest BCUT2D eigenvalue weighted by atomic mass is 9.88. The van der Waals surface area contributed by atoms with Crippen LogP contribution in [0.5, 0.6) is 17.2 Å². The van der Waals surface area contributed by atoms with Crippen LogP contribution < -0.4 is 25.0 Å². The molecule has 8 heteroatoms. The number of methoxy groups -OCH3 is 1. The topological polar surface area (TPSA) is 84.5 Å². The largest absolute Gasteiger partial charge is 0.490 e. The van der Waals surface area contributed by atoms with Gasteiger partial charge in [0.05, 0.1) is 31.0 Å². The third-order valence-corrected chi connectivity index (χ3v) is 8.51. The molecule has 6 rings (SSSR count). The molecule has 238 valence electrons. The van der Waals surface area contributed by atoms with Crippen molar-refractivity contribution in [3.05, 3.63) is 83.4 Å². The molecule has 3 aliphatic heterocycles. The van der Waals surface area contributed by atoms with Crippen molar-refractivity contribution < 1.29 is 24.1 Å². The number of ether oxygens (including phenoxy) is 4. The van der Waals surface area contributed by atoms with Gasteiger partial charge < -0.3 is 39.6 Å². The summed E-state index contributed by atoms with van der Waals surface area (Å²) in [7, 11) is 1.75. The minimum atomic E-state index is -0.303. The predicted octanol–water partition coefficient (Wildman–Crippen LogP) is 5.42. The van der Waals surface area contributed by atoms with E-state index in [1.165, 1.54) is 28.8 Å². The van der Waals surface area contributed by atoms with Crippen molar-refractivity contribution in [3.63, 3.8) is 0 Å². The molecule has 0 radical (unpaired) electrons. The summed E-state index contributed by atoms with van der Waals surface area (Å²) in [6.07, 6.45) is 4.40. The number of β-amino-alcohol motifs (C(OH)–C–C–N with tert-alkyl or cyclic N) is 1. The van der Waals surface area contributed by atoms with E-state index in [9.17, 15) is 5.11 Å². The van der Waals surface area contributed by atoms with Gasteiger partial charge >= 0.3 is 0 Å². The summed E-state index contributed by atoms with van der Waals surface area (Å²) in [5.41, 5.74) is 4.81. The molecule has 3 unspecified atom stereocenters. The molecule has 0 spiro atoms. The number of aliphatic hydroxyl groups is 1. The third-order valence-electron chi connectivity index (χ3n) is 8.51. The van der Waals surface area contributed by atoms with Gasteiger partial charge in [0, 0.05) is 39.3 Å². The lowest BCUT2D eigenvalue weighted by molar-refractivity contribution is 0.0253. The normalized spacial score (nSPS) is 21.4. The second-order valence-corrected chi connectivity index (χ2v) is 11.9. The van der Waals surface area contributed by atoms with Gasteiger partial charge in [-0.2, -0.15) is 0 Å². The molecule has 3 aromatic carbocycles. The molecular formula is C36H49N3O5. The Bertz CT molecular complexity index is 1260. The Morgan fingerprint density at radius 1 is 0.932 bits per heavy atom. The van der Waals surface area contributed by atoms with Crippen LogP contribution in [0.2, 0.25) is 0 Å². The van der Waals surface area contributed by atoms with Crippen LogP contribution in [0.1, 0.15) is 48.3 Å². The molecule has 3 aromatic rings. The van der Waals surface area contributed by atoms with Crippen LogP contribution in [0.4, 0.5) is 5.69 Å². The number of anilines is 1. The molecule has 0 bridgehead atoms. The van der Waals surface area contributed by atoms with Crippen molar-refractivity contribution >= 4 is 5.69 Å². The fourth-order valence-corrected chi connectivity index (χ4v) is 5.97. The number of nitrogens with one attached hydrogen (secondary N) is 2. The van der Waals surface area contributed by atoms with Gasteiger partial charge in [-0.1, -0.05) is 35.9 Å². The van der Waals surface area contributed by atoms with E-state index in [2.05, 4.69) is 52.8 Å². The van der Waals surface area contributed by atoms with Crippen LogP contribution in [0.3, 0.4) is 0 Å². The van der Waals surface area contributed by atoms with Gasteiger partial charge in [0.15, 0.2) is 0 Å². The first-order chi connectivity index (χ1) is 21.6. The molecule has 3 heterocycles. The van der Waals surface area contributed by atoms with Crippen LogP contribution in [-0.4, -0.2) is 76.9 Å². The lowest BCUT2D eigenvalue weighted by Gasteiger charge is -2.32. The SMILES string of the molecule is COCCCN1CCOc2ccc(COC3CCCNC3)cc21.Cc1ccc(Oc2ccc(C3CCNCC3O)cc2)cc1. The highest BCUT2D eigenvalue weighted by atomic mass is 16.5. The van der Waals surface area contributed by atoms with Crippen molar-refractivity contribution in [2.45, 2.75) is 57.3 Å². The molecule has 3 atom stereocenters. The summed E-state index contributed by atoms with van der Waals surface area (Å²) in [4.78, 5) is 2.39. The Morgan fingerprint density at radius 2 is 1.70 bits per heavy atom. The van der Waals surface area contributed by atoms with E-state index >= 15 is 0 Å². The Morgan fingerprint density at radius 3 is 2.43 bits per heavy atom. The zero-order valence-corrected chi connectivity index (χ0v) is 26.3. The maximum Gasteiger partial charge on any atom is 0.142 e. The molecular weight excluding hydrogens is 554 g/mol. The average Bonchev–Trinajstić information content (AvgIpc) is 3.06. The van der Waals surface area contributed by atoms with Gasteiger partial charge in [-0.05, 0) is 93.2 Å². The summed E-state index contributed by atoms with van der Waals surface area (Å²) in [6, 6.07) is 22.5. The average molecular weight is 604 g/mol. The molecule has 2 fully saturated rings. The number of hydrogen-bond donors (Lipinski definition) is 3. The Labute approximate surface area is 262 Å². The van der Waals surface area contributed by atoms with Gasteiger partial charge in [-0.3, -0.25) is 0 Å². The highest BCUT2D eigenvalue weighted by molar-refractivity contribution is 5.61. The van der Waals surface area contributed by atoms with Crippen LogP contribution >= 0.6 is 0 Å². The number of piperidine rings is 2. The minimum Gasteiger partial charge on any atom is -0.490 e. The van der Waals surface area contributed by atoms with E-state index in [0.717, 1.165) is 82.4 Å². The number of benzene rings is 3. The fourth-order valence-electron chi connectivity index (χ4n) is 5.97. The lowest BCUT2D eigenvalue weighted by Crippen LogP contribution is -2.39. The first-order valence-corrected chi connectivity index (χ1v) is 16.1. The van der Waals surface area contributed by atoms with Crippen molar-refractivity contribution in [2.24, 2.45) is 0 Å². The first kappa shape index (κ1) is 32.3. The molecule has 0 aliphatic carbocycles. The third kappa shape index (κ3) is 9.43. The second-order valence-electron chi connectivity index (χ2n) is 11.9. The number of nitrogens with zero attached hydrogens (tertiary/aromatic N) is 1. The fraction of sp³-hybridized carbons (Fsp3) is 0.500. The first-order valence-electron chi connectivity index (χ1n) is 16.1. The molecule has 3 N–H and O–H groups in total. The molecule has 0 aromatic heterocycles. The van der Waals surface area contributed by atoms with Gasteiger partial charge in [0.2, 0.25) is 0 Å². The summed E-state index contributed by atoms with van der Waals surface area (Å²) in [5, 5.41) is 16.7. The van der Waals surface area contributed by atoms with Crippen molar-refractivity contribution in [1.82, 2.24) is 10.6 Å². The number of hydrogen-bond acceptors (Lipinski definition) is 8. The molecule has 44 heavy (non-hydrogen) atoms. The number of rotatable bonds is 10. The number of fused-ring (bicyclic) bond motifs is 1. The smallest absolute Gasteiger partial charge is 0.142 e. The second kappa shape index (κ2) is 16.8. The zero-order chi connectivity index (χ0) is 30.6. The molecule has 2 saturated heterocycles. The summed E-state index contributed by atoms with van der Waals surface area (Å²) in [5.74, 6) is 2.87. The van der Waals surface area contributed by atoms with Crippen LogP contribution in [-0.2, 0) is 16.1 Å². The van der Waals surface area contributed by atoms with E-state index in [1.54, 1.807) is 7.11 Å². The van der Waals surface area contributed by atoms with Crippen molar-refractivity contribution in [1.29, 1.82) is 0 Å². The van der Waals surface area contributed by atoms with Crippen molar-refractivity contribution in [2.75, 3.05) is 64.5 Å². The number of aryl methyl sites for hydroxylation is 1. The Balaban J connectivity index is 0.000000175. The van der Waals surface area contributed by atoms with Crippen LogP contribution in [0.25, 0.3) is 0 Å². The van der Waals surface area contributed by atoms with Gasteiger partial charge in [-0.15, -0.1) is 0 Å². The molecule has 8 nitrogen and oxygen atoms in total.